The molecule has 0 N–H and O–H groups in total. The molecule has 0 spiro atoms. The summed E-state index contributed by atoms with van der Waals surface area (Å²) in [6.07, 6.45) is 3.83. The first kappa shape index (κ1) is 18.9. The SMILES string of the molecule is Cc1ccc([C@@H]2CN(Cc3ccc(Cn4cccn4)cc3)C[C@H]2N(C)C)cc1. The summed E-state index contributed by atoms with van der Waals surface area (Å²) in [6, 6.07) is 20.6. The van der Waals surface area contributed by atoms with Crippen LogP contribution in [-0.4, -0.2) is 52.8 Å². The lowest BCUT2D eigenvalue weighted by molar-refractivity contribution is 0.260. The van der Waals surface area contributed by atoms with Crippen molar-refractivity contribution in [3.63, 3.8) is 0 Å². The molecule has 2 heterocycles. The van der Waals surface area contributed by atoms with Crippen LogP contribution in [-0.2, 0) is 13.1 Å². The molecular weight excluding hydrogens is 344 g/mol. The van der Waals surface area contributed by atoms with E-state index in [9.17, 15) is 0 Å². The van der Waals surface area contributed by atoms with Gasteiger partial charge in [-0.05, 0) is 43.8 Å². The highest BCUT2D eigenvalue weighted by Crippen LogP contribution is 2.31. The van der Waals surface area contributed by atoms with E-state index in [1.54, 1.807) is 0 Å². The van der Waals surface area contributed by atoms with Crippen molar-refractivity contribution < 1.29 is 0 Å². The molecule has 1 saturated heterocycles. The molecule has 4 heteroatoms. The molecule has 1 aliphatic rings. The van der Waals surface area contributed by atoms with E-state index in [2.05, 4.69) is 84.4 Å². The number of nitrogens with zero attached hydrogens (tertiary/aromatic N) is 4. The lowest BCUT2D eigenvalue weighted by atomic mass is 9.93. The minimum atomic E-state index is 0.557. The van der Waals surface area contributed by atoms with Gasteiger partial charge in [0.05, 0.1) is 6.54 Å². The fourth-order valence-corrected chi connectivity index (χ4v) is 4.25. The first-order valence-corrected chi connectivity index (χ1v) is 10.1. The van der Waals surface area contributed by atoms with E-state index < -0.39 is 0 Å². The van der Waals surface area contributed by atoms with Gasteiger partial charge in [-0.3, -0.25) is 9.58 Å². The second-order valence-electron chi connectivity index (χ2n) is 8.26. The summed E-state index contributed by atoms with van der Waals surface area (Å²) < 4.78 is 1.96. The average Bonchev–Trinajstić information content (AvgIpc) is 3.34. The first-order chi connectivity index (χ1) is 13.6. The largest absolute Gasteiger partial charge is 0.305 e. The smallest absolute Gasteiger partial charge is 0.0659 e. The fourth-order valence-electron chi connectivity index (χ4n) is 4.25. The topological polar surface area (TPSA) is 24.3 Å². The molecule has 3 aromatic rings. The predicted molar refractivity (Wildman–Crippen MR) is 114 cm³/mol. The maximum Gasteiger partial charge on any atom is 0.0659 e. The summed E-state index contributed by atoms with van der Waals surface area (Å²) in [5, 5.41) is 4.29. The van der Waals surface area contributed by atoms with Crippen LogP contribution in [0, 0.1) is 6.92 Å². The standard InChI is InChI=1S/C24H30N4/c1-19-5-11-22(12-6-19)23-17-27(18-24(23)26(2)3)15-20-7-9-21(10-8-20)16-28-14-4-13-25-28/h4-14,23-24H,15-18H2,1-3H3/t23-,24+/m0/s1. The molecule has 0 amide bonds. The molecule has 2 atom stereocenters. The molecule has 1 aliphatic heterocycles. The Morgan fingerprint density at radius 2 is 1.61 bits per heavy atom. The van der Waals surface area contributed by atoms with Crippen molar-refractivity contribution in [3.05, 3.63) is 89.2 Å². The third-order valence-corrected chi connectivity index (χ3v) is 5.87. The van der Waals surface area contributed by atoms with Crippen molar-refractivity contribution in [1.82, 2.24) is 19.6 Å². The van der Waals surface area contributed by atoms with Crippen LogP contribution < -0.4 is 0 Å². The van der Waals surface area contributed by atoms with Gasteiger partial charge in [0, 0.05) is 44.0 Å². The Morgan fingerprint density at radius 1 is 0.929 bits per heavy atom. The van der Waals surface area contributed by atoms with Crippen molar-refractivity contribution in [2.75, 3.05) is 27.2 Å². The third kappa shape index (κ3) is 4.34. The molecule has 0 unspecified atom stereocenters. The van der Waals surface area contributed by atoms with Crippen molar-refractivity contribution in [2.45, 2.75) is 32.0 Å². The maximum absolute atomic E-state index is 4.29. The van der Waals surface area contributed by atoms with Crippen LogP contribution >= 0.6 is 0 Å². The van der Waals surface area contributed by atoms with E-state index in [-0.39, 0.29) is 0 Å². The van der Waals surface area contributed by atoms with Crippen molar-refractivity contribution in [1.29, 1.82) is 0 Å². The quantitative estimate of drug-likeness (QED) is 0.656. The van der Waals surface area contributed by atoms with Crippen LogP contribution in [0.2, 0.25) is 0 Å². The molecule has 28 heavy (non-hydrogen) atoms. The minimum Gasteiger partial charge on any atom is -0.305 e. The van der Waals surface area contributed by atoms with Crippen LogP contribution in [0.3, 0.4) is 0 Å². The summed E-state index contributed by atoms with van der Waals surface area (Å²) in [6.45, 7) is 6.22. The monoisotopic (exact) mass is 374 g/mol. The Morgan fingerprint density at radius 3 is 2.21 bits per heavy atom. The highest BCUT2D eigenvalue weighted by atomic mass is 15.3. The number of benzene rings is 2. The number of aromatic nitrogens is 2. The van der Waals surface area contributed by atoms with Gasteiger partial charge in [-0.25, -0.2) is 0 Å². The van der Waals surface area contributed by atoms with E-state index in [1.165, 1.54) is 22.3 Å². The molecule has 1 aromatic heterocycles. The number of hydrogen-bond acceptors (Lipinski definition) is 3. The Balaban J connectivity index is 1.42. The average molecular weight is 375 g/mol. The van der Waals surface area contributed by atoms with E-state index in [0.717, 1.165) is 26.2 Å². The molecule has 4 rings (SSSR count). The van der Waals surface area contributed by atoms with Gasteiger partial charge in [-0.2, -0.15) is 5.10 Å². The van der Waals surface area contributed by atoms with Gasteiger partial charge in [-0.15, -0.1) is 0 Å². The molecule has 4 nitrogen and oxygen atoms in total. The molecule has 0 bridgehead atoms. The van der Waals surface area contributed by atoms with Crippen molar-refractivity contribution in [2.24, 2.45) is 0 Å². The number of hydrogen-bond donors (Lipinski definition) is 0. The highest BCUT2D eigenvalue weighted by molar-refractivity contribution is 5.28. The second-order valence-corrected chi connectivity index (χ2v) is 8.26. The number of aryl methyl sites for hydroxylation is 1. The van der Waals surface area contributed by atoms with Gasteiger partial charge >= 0.3 is 0 Å². The molecule has 1 fully saturated rings. The Labute approximate surface area is 168 Å². The van der Waals surface area contributed by atoms with E-state index in [4.69, 9.17) is 0 Å². The Hall–Kier alpha value is -2.43. The van der Waals surface area contributed by atoms with Crippen molar-refractivity contribution >= 4 is 0 Å². The van der Waals surface area contributed by atoms with E-state index in [1.807, 2.05) is 23.1 Å². The zero-order valence-corrected chi connectivity index (χ0v) is 17.1. The lowest BCUT2D eigenvalue weighted by Crippen LogP contribution is -2.34. The van der Waals surface area contributed by atoms with Crippen LogP contribution in [0.1, 0.15) is 28.2 Å². The van der Waals surface area contributed by atoms with Crippen LogP contribution in [0.25, 0.3) is 0 Å². The second kappa shape index (κ2) is 8.29. The summed E-state index contributed by atoms with van der Waals surface area (Å²) in [5.74, 6) is 0.565. The van der Waals surface area contributed by atoms with E-state index in [0.29, 0.717) is 12.0 Å². The Kier molecular flexibility index (Phi) is 5.60. The normalized spacial score (nSPS) is 20.1. The van der Waals surface area contributed by atoms with E-state index >= 15 is 0 Å². The van der Waals surface area contributed by atoms with Crippen LogP contribution in [0.15, 0.2) is 67.0 Å². The minimum absolute atomic E-state index is 0.557. The summed E-state index contributed by atoms with van der Waals surface area (Å²) in [7, 11) is 4.42. The molecule has 146 valence electrons. The number of rotatable bonds is 6. The summed E-state index contributed by atoms with van der Waals surface area (Å²) in [4.78, 5) is 4.98. The molecular formula is C24H30N4. The van der Waals surface area contributed by atoms with Gasteiger partial charge < -0.3 is 4.90 Å². The highest BCUT2D eigenvalue weighted by Gasteiger charge is 2.34. The predicted octanol–water partition coefficient (Wildman–Crippen LogP) is 3.77. The number of likely N-dealkylation sites (tertiary alicyclic amines) is 1. The van der Waals surface area contributed by atoms with Gasteiger partial charge in [0.25, 0.3) is 0 Å². The first-order valence-electron chi connectivity index (χ1n) is 10.1. The molecule has 2 aromatic carbocycles. The molecule has 0 saturated carbocycles. The summed E-state index contributed by atoms with van der Waals surface area (Å²) >= 11 is 0. The van der Waals surface area contributed by atoms with Gasteiger partial charge in [0.15, 0.2) is 0 Å². The number of likely N-dealkylation sites (N-methyl/N-ethyl adjacent to an activating group) is 1. The zero-order chi connectivity index (χ0) is 19.5. The molecule has 0 aliphatic carbocycles. The lowest BCUT2D eigenvalue weighted by Gasteiger charge is -2.25. The van der Waals surface area contributed by atoms with Crippen LogP contribution in [0.4, 0.5) is 0 Å². The van der Waals surface area contributed by atoms with Gasteiger partial charge in [-0.1, -0.05) is 54.1 Å². The Bertz CT molecular complexity index is 866. The van der Waals surface area contributed by atoms with Crippen molar-refractivity contribution in [3.8, 4) is 0 Å². The van der Waals surface area contributed by atoms with Gasteiger partial charge in [0.2, 0.25) is 0 Å². The fraction of sp³-hybridized carbons (Fsp3) is 0.375. The maximum atomic E-state index is 4.29. The van der Waals surface area contributed by atoms with Crippen LogP contribution in [0.5, 0.6) is 0 Å². The zero-order valence-electron chi connectivity index (χ0n) is 17.1. The van der Waals surface area contributed by atoms with Gasteiger partial charge in [0.1, 0.15) is 0 Å². The third-order valence-electron chi connectivity index (χ3n) is 5.87. The summed E-state index contributed by atoms with van der Waals surface area (Å²) in [5.41, 5.74) is 5.46. The molecule has 0 radical (unpaired) electrons.